The summed E-state index contributed by atoms with van der Waals surface area (Å²) in [4.78, 5) is 34.4. The van der Waals surface area contributed by atoms with Crippen molar-refractivity contribution in [1.29, 1.82) is 0 Å². The first kappa shape index (κ1) is 24.6. The van der Waals surface area contributed by atoms with Crippen LogP contribution < -0.4 is 9.64 Å². The van der Waals surface area contributed by atoms with E-state index in [-0.39, 0.29) is 5.57 Å². The number of benzene rings is 3. The predicted molar refractivity (Wildman–Crippen MR) is 152 cm³/mol. The molecule has 1 unspecified atom stereocenters. The summed E-state index contributed by atoms with van der Waals surface area (Å²) in [6.45, 7) is 1.78. The number of ether oxygens (including phenoxy) is 1. The number of aliphatic hydroxyl groups is 1. The molecule has 1 aliphatic heterocycles. The van der Waals surface area contributed by atoms with Crippen LogP contribution in [0.5, 0.6) is 5.75 Å². The molecule has 2 aromatic heterocycles. The minimum atomic E-state index is -0.842. The Bertz CT molecular complexity index is 1770. The van der Waals surface area contributed by atoms with Gasteiger partial charge in [-0.2, -0.15) is 0 Å². The lowest BCUT2D eigenvalue weighted by Gasteiger charge is -2.26. The summed E-state index contributed by atoms with van der Waals surface area (Å²) in [5.41, 5.74) is 3.73. The van der Waals surface area contributed by atoms with Crippen LogP contribution >= 0.6 is 11.3 Å². The second-order valence-corrected chi connectivity index (χ2v) is 10.4. The molecule has 194 valence electrons. The highest BCUT2D eigenvalue weighted by Crippen LogP contribution is 2.45. The van der Waals surface area contributed by atoms with Crippen molar-refractivity contribution in [3.05, 3.63) is 113 Å². The van der Waals surface area contributed by atoms with Crippen LogP contribution in [0.2, 0.25) is 0 Å². The number of anilines is 1. The number of carbonyl (C=O) groups is 2. The number of para-hydroxylation sites is 1. The van der Waals surface area contributed by atoms with Gasteiger partial charge < -0.3 is 14.4 Å². The number of carbonyl (C=O) groups excluding carboxylic acids is 2. The summed E-state index contributed by atoms with van der Waals surface area (Å²) in [6, 6.07) is 23.6. The Labute approximate surface area is 229 Å². The Morgan fingerprint density at radius 3 is 2.41 bits per heavy atom. The second-order valence-electron chi connectivity index (χ2n) is 9.38. The average molecular weight is 536 g/mol. The third kappa shape index (κ3) is 4.00. The van der Waals surface area contributed by atoms with E-state index in [1.54, 1.807) is 38.3 Å². The lowest BCUT2D eigenvalue weighted by molar-refractivity contribution is -0.117. The first-order chi connectivity index (χ1) is 18.9. The van der Waals surface area contributed by atoms with Crippen LogP contribution in [-0.4, -0.2) is 33.5 Å². The summed E-state index contributed by atoms with van der Waals surface area (Å²) >= 11 is 1.26. The number of nitrogens with zero attached hydrogens (tertiary/aromatic N) is 3. The fourth-order valence-corrected chi connectivity index (χ4v) is 6.19. The van der Waals surface area contributed by atoms with Crippen LogP contribution in [-0.2, 0) is 11.8 Å². The minimum Gasteiger partial charge on any atom is -0.503 e. The Morgan fingerprint density at radius 1 is 1.00 bits per heavy atom. The average Bonchev–Trinajstić information content (AvgIpc) is 3.60. The van der Waals surface area contributed by atoms with E-state index in [0.717, 1.165) is 22.0 Å². The Balaban J connectivity index is 1.52. The molecule has 0 radical (unpaired) electrons. The first-order valence-corrected chi connectivity index (χ1v) is 13.2. The Kier molecular flexibility index (Phi) is 6.04. The molecule has 7 nitrogen and oxygen atoms in total. The van der Waals surface area contributed by atoms with Crippen molar-refractivity contribution in [2.45, 2.75) is 13.0 Å². The van der Waals surface area contributed by atoms with Crippen molar-refractivity contribution in [1.82, 2.24) is 9.55 Å². The maximum Gasteiger partial charge on any atom is 0.294 e. The van der Waals surface area contributed by atoms with E-state index in [9.17, 15) is 14.7 Å². The van der Waals surface area contributed by atoms with Crippen molar-refractivity contribution in [3.8, 4) is 16.3 Å². The van der Waals surface area contributed by atoms with Crippen LogP contribution in [0.25, 0.3) is 21.5 Å². The van der Waals surface area contributed by atoms with Gasteiger partial charge in [-0.05, 0) is 37.3 Å². The largest absolute Gasteiger partial charge is 0.503 e. The number of aromatic nitrogens is 2. The zero-order chi connectivity index (χ0) is 27.3. The molecule has 1 N–H and O–H groups in total. The van der Waals surface area contributed by atoms with Crippen molar-refractivity contribution in [3.63, 3.8) is 0 Å². The zero-order valence-electron chi connectivity index (χ0n) is 21.6. The van der Waals surface area contributed by atoms with Crippen LogP contribution in [0, 0.1) is 6.92 Å². The fourth-order valence-electron chi connectivity index (χ4n) is 5.17. The van der Waals surface area contributed by atoms with Gasteiger partial charge in [0.25, 0.3) is 5.91 Å². The molecule has 0 fully saturated rings. The molecule has 8 heteroatoms. The van der Waals surface area contributed by atoms with Crippen molar-refractivity contribution >= 4 is 39.6 Å². The number of rotatable bonds is 6. The molecule has 1 amide bonds. The monoisotopic (exact) mass is 535 g/mol. The highest BCUT2D eigenvalue weighted by Gasteiger charge is 2.46. The Hall–Kier alpha value is -4.69. The lowest BCUT2D eigenvalue weighted by atomic mass is 9.94. The van der Waals surface area contributed by atoms with Gasteiger partial charge in [0.1, 0.15) is 10.8 Å². The number of aliphatic hydroxyl groups excluding tert-OH is 1. The van der Waals surface area contributed by atoms with E-state index < -0.39 is 23.5 Å². The third-order valence-corrected chi connectivity index (χ3v) is 8.25. The minimum absolute atomic E-state index is 0.0403. The number of methoxy groups -OCH3 is 1. The van der Waals surface area contributed by atoms with Gasteiger partial charge in [-0.1, -0.05) is 48.5 Å². The Morgan fingerprint density at radius 2 is 1.69 bits per heavy atom. The molecule has 5 aromatic rings. The number of Topliss-reactive ketones (excluding diaryl/α,β-unsaturated/α-hetero) is 1. The SMILES string of the molecule is COc1ccc(N2C(=O)C(O)=C(C(=O)c3sc(-c4ccccc4)nc3C)C2c2cn(C)c3ccccc23)cc1. The maximum absolute atomic E-state index is 14.2. The number of hydrogen-bond donors (Lipinski definition) is 1. The van der Waals surface area contributed by atoms with Gasteiger partial charge in [-0.3, -0.25) is 14.5 Å². The van der Waals surface area contributed by atoms with E-state index in [1.807, 2.05) is 72.4 Å². The number of aryl methyl sites for hydroxylation is 2. The molecular formula is C31H25N3O4S. The zero-order valence-corrected chi connectivity index (χ0v) is 22.4. The van der Waals surface area contributed by atoms with Crippen LogP contribution in [0.1, 0.15) is 27.0 Å². The molecule has 1 atom stereocenters. The smallest absolute Gasteiger partial charge is 0.294 e. The molecular weight excluding hydrogens is 510 g/mol. The molecule has 0 spiro atoms. The molecule has 0 aliphatic carbocycles. The number of amides is 1. The summed E-state index contributed by atoms with van der Waals surface area (Å²) in [6.07, 6.45) is 1.92. The molecule has 3 aromatic carbocycles. The van der Waals surface area contributed by atoms with Gasteiger partial charge >= 0.3 is 0 Å². The summed E-state index contributed by atoms with van der Waals surface area (Å²) < 4.78 is 7.26. The fraction of sp³-hybridized carbons (Fsp3) is 0.129. The number of thiazole rings is 1. The summed E-state index contributed by atoms with van der Waals surface area (Å²) in [5.74, 6) is -0.962. The van der Waals surface area contributed by atoms with Crippen molar-refractivity contribution in [2.75, 3.05) is 12.0 Å². The molecule has 1 aliphatic rings. The van der Waals surface area contributed by atoms with E-state index >= 15 is 0 Å². The first-order valence-electron chi connectivity index (χ1n) is 12.4. The van der Waals surface area contributed by atoms with E-state index in [0.29, 0.717) is 27.0 Å². The van der Waals surface area contributed by atoms with E-state index in [2.05, 4.69) is 4.98 Å². The maximum atomic E-state index is 14.2. The normalized spacial score (nSPS) is 15.4. The summed E-state index contributed by atoms with van der Waals surface area (Å²) in [5, 5.41) is 12.9. The lowest BCUT2D eigenvalue weighted by Crippen LogP contribution is -2.31. The highest BCUT2D eigenvalue weighted by atomic mass is 32.1. The van der Waals surface area contributed by atoms with E-state index in [4.69, 9.17) is 4.74 Å². The molecule has 0 bridgehead atoms. The van der Waals surface area contributed by atoms with Gasteiger partial charge in [-0.25, -0.2) is 4.98 Å². The number of ketones is 1. The molecule has 0 saturated carbocycles. The topological polar surface area (TPSA) is 84.7 Å². The molecule has 39 heavy (non-hydrogen) atoms. The second kappa shape index (κ2) is 9.56. The van der Waals surface area contributed by atoms with Gasteiger partial charge in [0.05, 0.1) is 29.3 Å². The molecule has 0 saturated heterocycles. The highest BCUT2D eigenvalue weighted by molar-refractivity contribution is 7.17. The standard InChI is InChI=1S/C31H25N3O4S/c1-18-29(39-30(32-18)19-9-5-4-6-10-19)27(35)25-26(23-17-33(2)24-12-8-7-11-22(23)24)34(31(37)28(25)36)20-13-15-21(38-3)16-14-20/h4-17,26,36H,1-3H3. The van der Waals surface area contributed by atoms with Crippen LogP contribution in [0.3, 0.4) is 0 Å². The van der Waals surface area contributed by atoms with Crippen molar-refractivity contribution < 1.29 is 19.4 Å². The van der Waals surface area contributed by atoms with Gasteiger partial charge in [-0.15, -0.1) is 11.3 Å². The van der Waals surface area contributed by atoms with Crippen LogP contribution in [0.15, 0.2) is 96.4 Å². The van der Waals surface area contributed by atoms with Gasteiger partial charge in [0.15, 0.2) is 5.76 Å². The van der Waals surface area contributed by atoms with Crippen molar-refractivity contribution in [2.24, 2.45) is 7.05 Å². The van der Waals surface area contributed by atoms with Crippen LogP contribution in [0.4, 0.5) is 5.69 Å². The van der Waals surface area contributed by atoms with Gasteiger partial charge in [0, 0.05) is 41.0 Å². The third-order valence-electron chi connectivity index (χ3n) is 7.05. The number of hydrogen-bond acceptors (Lipinski definition) is 6. The number of fused-ring (bicyclic) bond motifs is 1. The van der Waals surface area contributed by atoms with Gasteiger partial charge in [0.2, 0.25) is 5.78 Å². The molecule has 6 rings (SSSR count). The molecule has 3 heterocycles. The predicted octanol–water partition coefficient (Wildman–Crippen LogP) is 6.40. The summed E-state index contributed by atoms with van der Waals surface area (Å²) in [7, 11) is 3.49. The quantitative estimate of drug-likeness (QED) is 0.254. The van der Waals surface area contributed by atoms with E-state index in [1.165, 1.54) is 16.2 Å².